The van der Waals surface area contributed by atoms with Crippen molar-refractivity contribution < 1.29 is 18.0 Å². The van der Waals surface area contributed by atoms with E-state index in [1.54, 1.807) is 35.2 Å². The molecule has 3 rings (SSSR count). The fourth-order valence-corrected chi connectivity index (χ4v) is 6.04. The highest BCUT2D eigenvalue weighted by molar-refractivity contribution is 7.92. The number of anilines is 1. The first-order valence-corrected chi connectivity index (χ1v) is 16.5. The number of sulfonamides is 1. The summed E-state index contributed by atoms with van der Waals surface area (Å²) in [5.41, 5.74) is 2.94. The standard InChI is InChI=1S/C32H39Cl2N3O4S/c1-23(2)21-35-32(39)30(19-25-10-6-5-7-11-25)36(22-26-12-8-13-27(33)18-26)31(38)14-9-17-37(42(4,40)41)29-20-28(34)16-15-24(29)3/h5-8,10-13,15-16,18,20,23,30H,9,14,17,19,21-22H2,1-4H3,(H,35,39)/t30-/m1/s1. The Morgan fingerprint density at radius 3 is 2.21 bits per heavy atom. The van der Waals surface area contributed by atoms with E-state index in [1.807, 2.05) is 63.2 Å². The Kier molecular flexibility index (Phi) is 12.3. The van der Waals surface area contributed by atoms with Crippen molar-refractivity contribution in [2.45, 2.75) is 52.6 Å². The molecule has 0 aromatic heterocycles. The van der Waals surface area contributed by atoms with Gasteiger partial charge in [0.15, 0.2) is 0 Å². The molecule has 0 spiro atoms. The molecule has 0 heterocycles. The van der Waals surface area contributed by atoms with Gasteiger partial charge < -0.3 is 10.2 Å². The van der Waals surface area contributed by atoms with Crippen LogP contribution in [0, 0.1) is 12.8 Å². The van der Waals surface area contributed by atoms with Gasteiger partial charge in [0.1, 0.15) is 6.04 Å². The fourth-order valence-electron chi connectivity index (χ4n) is 4.64. The third kappa shape index (κ3) is 10.0. The van der Waals surface area contributed by atoms with Crippen molar-refractivity contribution in [2.75, 3.05) is 23.7 Å². The molecular formula is C32H39Cl2N3O4S. The molecule has 10 heteroatoms. The van der Waals surface area contributed by atoms with Crippen LogP contribution in [0.15, 0.2) is 72.8 Å². The average Bonchev–Trinajstić information content (AvgIpc) is 2.93. The minimum absolute atomic E-state index is 0.0367. The maximum atomic E-state index is 13.9. The van der Waals surface area contributed by atoms with Gasteiger partial charge in [-0.3, -0.25) is 13.9 Å². The Labute approximate surface area is 259 Å². The van der Waals surface area contributed by atoms with Crippen LogP contribution in [-0.2, 0) is 32.6 Å². The van der Waals surface area contributed by atoms with E-state index in [2.05, 4.69) is 5.32 Å². The molecular weight excluding hydrogens is 593 g/mol. The average molecular weight is 633 g/mol. The highest BCUT2D eigenvalue weighted by atomic mass is 35.5. The summed E-state index contributed by atoms with van der Waals surface area (Å²) in [5.74, 6) is -0.262. The Morgan fingerprint density at radius 2 is 1.57 bits per heavy atom. The lowest BCUT2D eigenvalue weighted by molar-refractivity contribution is -0.141. The molecule has 0 saturated carbocycles. The second-order valence-electron chi connectivity index (χ2n) is 10.9. The summed E-state index contributed by atoms with van der Waals surface area (Å²) >= 11 is 12.4. The van der Waals surface area contributed by atoms with E-state index in [0.717, 1.165) is 22.9 Å². The largest absolute Gasteiger partial charge is 0.354 e. The van der Waals surface area contributed by atoms with Gasteiger partial charge in [0.25, 0.3) is 0 Å². The number of hydrogen-bond donors (Lipinski definition) is 1. The smallest absolute Gasteiger partial charge is 0.243 e. The minimum Gasteiger partial charge on any atom is -0.354 e. The van der Waals surface area contributed by atoms with E-state index < -0.39 is 16.1 Å². The molecule has 0 saturated heterocycles. The molecule has 3 aromatic rings. The quantitative estimate of drug-likeness (QED) is 0.227. The number of halogens is 2. The van der Waals surface area contributed by atoms with Gasteiger partial charge in [-0.15, -0.1) is 0 Å². The number of rotatable bonds is 14. The first-order valence-electron chi connectivity index (χ1n) is 13.9. The molecule has 1 atom stereocenters. The Hall–Kier alpha value is -3.07. The SMILES string of the molecule is Cc1ccc(Cl)cc1N(CCCC(=O)N(Cc1cccc(Cl)c1)[C@H](Cc1ccccc1)C(=O)NCC(C)C)S(C)(=O)=O. The van der Waals surface area contributed by atoms with Gasteiger partial charge in [-0.1, -0.05) is 85.6 Å². The fraction of sp³-hybridized carbons (Fsp3) is 0.375. The van der Waals surface area contributed by atoms with Crippen LogP contribution in [0.25, 0.3) is 0 Å². The topological polar surface area (TPSA) is 86.8 Å². The monoisotopic (exact) mass is 631 g/mol. The van der Waals surface area contributed by atoms with Crippen LogP contribution in [0.2, 0.25) is 10.0 Å². The lowest BCUT2D eigenvalue weighted by Crippen LogP contribution is -2.51. The zero-order valence-corrected chi connectivity index (χ0v) is 26.8. The normalized spacial score (nSPS) is 12.2. The summed E-state index contributed by atoms with van der Waals surface area (Å²) in [6, 6.07) is 21.1. The van der Waals surface area contributed by atoms with Crippen LogP contribution in [0.4, 0.5) is 5.69 Å². The molecule has 42 heavy (non-hydrogen) atoms. The molecule has 7 nitrogen and oxygen atoms in total. The number of carbonyl (C=O) groups excluding carboxylic acids is 2. The van der Waals surface area contributed by atoms with Crippen LogP contribution < -0.4 is 9.62 Å². The molecule has 0 bridgehead atoms. The van der Waals surface area contributed by atoms with Crippen LogP contribution in [0.3, 0.4) is 0 Å². The lowest BCUT2D eigenvalue weighted by atomic mass is 10.0. The summed E-state index contributed by atoms with van der Waals surface area (Å²) < 4.78 is 26.7. The van der Waals surface area contributed by atoms with Crippen molar-refractivity contribution in [1.82, 2.24) is 10.2 Å². The van der Waals surface area contributed by atoms with Crippen molar-refractivity contribution in [1.29, 1.82) is 0 Å². The molecule has 0 aliphatic carbocycles. The third-order valence-electron chi connectivity index (χ3n) is 6.79. The molecule has 0 unspecified atom stereocenters. The molecule has 1 N–H and O–H groups in total. The lowest BCUT2D eigenvalue weighted by Gasteiger charge is -2.32. The number of aryl methyl sites for hydroxylation is 1. The third-order valence-corrected chi connectivity index (χ3v) is 8.44. The van der Waals surface area contributed by atoms with E-state index in [9.17, 15) is 18.0 Å². The molecule has 0 fully saturated rings. The molecule has 3 aromatic carbocycles. The van der Waals surface area contributed by atoms with Gasteiger partial charge in [-0.2, -0.15) is 0 Å². The molecule has 0 radical (unpaired) electrons. The highest BCUT2D eigenvalue weighted by Crippen LogP contribution is 2.27. The summed E-state index contributed by atoms with van der Waals surface area (Å²) in [6.07, 6.45) is 1.74. The maximum Gasteiger partial charge on any atom is 0.243 e. The van der Waals surface area contributed by atoms with Crippen LogP contribution >= 0.6 is 23.2 Å². The molecule has 0 aliphatic heterocycles. The Morgan fingerprint density at radius 1 is 0.905 bits per heavy atom. The number of nitrogens with zero attached hydrogens (tertiary/aromatic N) is 2. The number of nitrogens with one attached hydrogen (secondary N) is 1. The van der Waals surface area contributed by atoms with E-state index in [1.165, 1.54) is 4.31 Å². The van der Waals surface area contributed by atoms with E-state index in [0.29, 0.717) is 28.7 Å². The zero-order valence-electron chi connectivity index (χ0n) is 24.5. The first-order chi connectivity index (χ1) is 19.8. The highest BCUT2D eigenvalue weighted by Gasteiger charge is 2.30. The number of amides is 2. The summed E-state index contributed by atoms with van der Waals surface area (Å²) in [6.45, 7) is 6.57. The van der Waals surface area contributed by atoms with Crippen molar-refractivity contribution in [2.24, 2.45) is 5.92 Å². The predicted molar refractivity (Wildman–Crippen MR) is 171 cm³/mol. The second-order valence-corrected chi connectivity index (χ2v) is 13.6. The Bertz CT molecular complexity index is 1470. The van der Waals surface area contributed by atoms with Crippen molar-refractivity contribution in [3.8, 4) is 0 Å². The summed E-state index contributed by atoms with van der Waals surface area (Å²) in [5, 5.41) is 3.96. The van der Waals surface area contributed by atoms with E-state index in [4.69, 9.17) is 23.2 Å². The van der Waals surface area contributed by atoms with Gasteiger partial charge in [-0.05, 0) is 60.2 Å². The van der Waals surface area contributed by atoms with Crippen molar-refractivity contribution >= 4 is 50.7 Å². The van der Waals surface area contributed by atoms with Gasteiger partial charge in [0, 0.05) is 42.5 Å². The van der Waals surface area contributed by atoms with Crippen molar-refractivity contribution in [3.05, 3.63) is 99.5 Å². The number of benzene rings is 3. The zero-order chi connectivity index (χ0) is 30.9. The van der Waals surface area contributed by atoms with Crippen LogP contribution in [-0.4, -0.2) is 50.5 Å². The van der Waals surface area contributed by atoms with Gasteiger partial charge >= 0.3 is 0 Å². The molecule has 226 valence electrons. The maximum absolute atomic E-state index is 13.9. The van der Waals surface area contributed by atoms with E-state index >= 15 is 0 Å². The van der Waals surface area contributed by atoms with Crippen LogP contribution in [0.5, 0.6) is 0 Å². The molecule has 2 amide bonds. The number of hydrogen-bond acceptors (Lipinski definition) is 4. The number of carbonyl (C=O) groups is 2. The second kappa shape index (κ2) is 15.4. The van der Waals surface area contributed by atoms with Gasteiger partial charge in [0.2, 0.25) is 21.8 Å². The van der Waals surface area contributed by atoms with Gasteiger partial charge in [-0.25, -0.2) is 8.42 Å². The first kappa shape index (κ1) is 33.4. The van der Waals surface area contributed by atoms with Gasteiger partial charge in [0.05, 0.1) is 11.9 Å². The predicted octanol–water partition coefficient (Wildman–Crippen LogP) is 6.26. The van der Waals surface area contributed by atoms with E-state index in [-0.39, 0.29) is 43.7 Å². The summed E-state index contributed by atoms with van der Waals surface area (Å²) in [7, 11) is -3.64. The molecule has 0 aliphatic rings. The minimum atomic E-state index is -3.64. The van der Waals surface area contributed by atoms with Crippen molar-refractivity contribution in [3.63, 3.8) is 0 Å². The Balaban J connectivity index is 1.90. The van der Waals surface area contributed by atoms with Crippen LogP contribution in [0.1, 0.15) is 43.4 Å². The summed E-state index contributed by atoms with van der Waals surface area (Å²) in [4.78, 5) is 29.1.